The zero-order chi connectivity index (χ0) is 13.0. The lowest BCUT2D eigenvalue weighted by molar-refractivity contribution is 0.620. The molecule has 0 fully saturated rings. The highest BCUT2D eigenvalue weighted by atomic mass is 35.5. The molecule has 0 saturated carbocycles. The van der Waals surface area contributed by atoms with Crippen molar-refractivity contribution in [1.82, 2.24) is 10.3 Å². The van der Waals surface area contributed by atoms with Gasteiger partial charge >= 0.3 is 0 Å². The van der Waals surface area contributed by atoms with Gasteiger partial charge in [0.2, 0.25) is 0 Å². The van der Waals surface area contributed by atoms with Gasteiger partial charge in [-0.25, -0.2) is 4.39 Å². The average molecular weight is 265 g/mol. The van der Waals surface area contributed by atoms with E-state index in [1.54, 1.807) is 6.07 Å². The van der Waals surface area contributed by atoms with Crippen LogP contribution < -0.4 is 5.32 Å². The zero-order valence-electron chi connectivity index (χ0n) is 10.1. The van der Waals surface area contributed by atoms with E-state index >= 15 is 0 Å². The Morgan fingerprint density at radius 2 is 2.06 bits per heavy atom. The minimum absolute atomic E-state index is 0.187. The molecule has 0 bridgehead atoms. The number of aryl methyl sites for hydroxylation is 1. The summed E-state index contributed by atoms with van der Waals surface area (Å²) in [6, 6.07) is 8.81. The van der Waals surface area contributed by atoms with E-state index in [4.69, 9.17) is 11.6 Å². The second kappa shape index (κ2) is 5.94. The van der Waals surface area contributed by atoms with E-state index in [9.17, 15) is 4.39 Å². The van der Waals surface area contributed by atoms with Gasteiger partial charge in [0.1, 0.15) is 5.82 Å². The SMILES string of the molecule is Cc1ccc(CNCc2cccc(F)c2Cl)cn1. The normalized spacial score (nSPS) is 10.6. The van der Waals surface area contributed by atoms with Crippen molar-refractivity contribution in [2.75, 3.05) is 0 Å². The topological polar surface area (TPSA) is 24.9 Å². The van der Waals surface area contributed by atoms with E-state index in [0.717, 1.165) is 16.8 Å². The van der Waals surface area contributed by atoms with Crippen LogP contribution in [-0.2, 0) is 13.1 Å². The highest BCUT2D eigenvalue weighted by molar-refractivity contribution is 6.31. The largest absolute Gasteiger partial charge is 0.309 e. The van der Waals surface area contributed by atoms with Crippen LogP contribution in [0.5, 0.6) is 0 Å². The lowest BCUT2D eigenvalue weighted by Gasteiger charge is -2.07. The van der Waals surface area contributed by atoms with Crippen molar-refractivity contribution in [2.24, 2.45) is 0 Å². The highest BCUT2D eigenvalue weighted by Crippen LogP contribution is 2.19. The number of rotatable bonds is 4. The third-order valence-corrected chi connectivity index (χ3v) is 3.07. The average Bonchev–Trinajstić information content (AvgIpc) is 2.37. The first-order valence-electron chi connectivity index (χ1n) is 5.72. The minimum Gasteiger partial charge on any atom is -0.309 e. The summed E-state index contributed by atoms with van der Waals surface area (Å²) in [5, 5.41) is 3.40. The van der Waals surface area contributed by atoms with Gasteiger partial charge in [0, 0.05) is 25.0 Å². The Balaban J connectivity index is 1.92. The van der Waals surface area contributed by atoms with E-state index in [0.29, 0.717) is 13.1 Å². The van der Waals surface area contributed by atoms with Crippen LogP contribution in [0.25, 0.3) is 0 Å². The van der Waals surface area contributed by atoms with Gasteiger partial charge < -0.3 is 5.32 Å². The molecule has 2 rings (SSSR count). The molecule has 0 radical (unpaired) electrons. The first kappa shape index (κ1) is 13.0. The Labute approximate surface area is 111 Å². The van der Waals surface area contributed by atoms with Crippen LogP contribution in [0, 0.1) is 12.7 Å². The van der Waals surface area contributed by atoms with Crippen LogP contribution in [0.4, 0.5) is 4.39 Å². The molecule has 2 aromatic rings. The number of halogens is 2. The van der Waals surface area contributed by atoms with Crippen molar-refractivity contribution >= 4 is 11.6 Å². The van der Waals surface area contributed by atoms with E-state index < -0.39 is 0 Å². The molecular weight excluding hydrogens is 251 g/mol. The summed E-state index contributed by atoms with van der Waals surface area (Å²) in [4.78, 5) is 4.21. The first-order chi connectivity index (χ1) is 8.66. The molecule has 2 nitrogen and oxygen atoms in total. The van der Waals surface area contributed by atoms with E-state index in [2.05, 4.69) is 10.3 Å². The molecule has 1 aromatic carbocycles. The van der Waals surface area contributed by atoms with Crippen LogP contribution in [-0.4, -0.2) is 4.98 Å². The van der Waals surface area contributed by atoms with Crippen LogP contribution in [0.15, 0.2) is 36.5 Å². The Hall–Kier alpha value is -1.45. The van der Waals surface area contributed by atoms with Crippen molar-refractivity contribution in [3.05, 3.63) is 64.2 Å². The maximum absolute atomic E-state index is 13.2. The Kier molecular flexibility index (Phi) is 4.28. The summed E-state index contributed by atoms with van der Waals surface area (Å²) in [7, 11) is 0. The van der Waals surface area contributed by atoms with Gasteiger partial charge in [-0.3, -0.25) is 4.98 Å². The summed E-state index contributed by atoms with van der Waals surface area (Å²) in [6.45, 7) is 3.16. The van der Waals surface area contributed by atoms with Crippen molar-refractivity contribution in [3.8, 4) is 0 Å². The van der Waals surface area contributed by atoms with Gasteiger partial charge in [0.05, 0.1) is 5.02 Å². The molecule has 0 aliphatic rings. The predicted octanol–water partition coefficient (Wildman–Crippen LogP) is 3.47. The molecular formula is C14H14ClFN2. The summed E-state index contributed by atoms with van der Waals surface area (Å²) in [5.41, 5.74) is 2.84. The van der Waals surface area contributed by atoms with Crippen LogP contribution in [0.1, 0.15) is 16.8 Å². The number of hydrogen-bond acceptors (Lipinski definition) is 2. The maximum Gasteiger partial charge on any atom is 0.142 e. The monoisotopic (exact) mass is 264 g/mol. The summed E-state index contributed by atoms with van der Waals surface area (Å²) >= 11 is 5.87. The fourth-order valence-corrected chi connectivity index (χ4v) is 1.82. The number of hydrogen-bond donors (Lipinski definition) is 1. The first-order valence-corrected chi connectivity index (χ1v) is 6.10. The van der Waals surface area contributed by atoms with E-state index in [1.165, 1.54) is 6.07 Å². The van der Waals surface area contributed by atoms with Gasteiger partial charge in [-0.15, -0.1) is 0 Å². The van der Waals surface area contributed by atoms with E-state index in [1.807, 2.05) is 31.3 Å². The molecule has 0 atom stereocenters. The lowest BCUT2D eigenvalue weighted by atomic mass is 10.2. The number of aromatic nitrogens is 1. The molecule has 1 aromatic heterocycles. The molecule has 0 saturated heterocycles. The minimum atomic E-state index is -0.382. The molecule has 0 amide bonds. The van der Waals surface area contributed by atoms with Crippen molar-refractivity contribution in [3.63, 3.8) is 0 Å². The van der Waals surface area contributed by atoms with Gasteiger partial charge in [-0.05, 0) is 30.2 Å². The van der Waals surface area contributed by atoms with Crippen LogP contribution >= 0.6 is 11.6 Å². The molecule has 0 aliphatic heterocycles. The van der Waals surface area contributed by atoms with Crippen molar-refractivity contribution in [2.45, 2.75) is 20.0 Å². The van der Waals surface area contributed by atoms with E-state index in [-0.39, 0.29) is 10.8 Å². The van der Waals surface area contributed by atoms with Crippen LogP contribution in [0.3, 0.4) is 0 Å². The molecule has 0 spiro atoms. The van der Waals surface area contributed by atoms with Crippen molar-refractivity contribution < 1.29 is 4.39 Å². The predicted molar refractivity (Wildman–Crippen MR) is 70.9 cm³/mol. The Morgan fingerprint density at radius 1 is 1.22 bits per heavy atom. The molecule has 1 N–H and O–H groups in total. The third kappa shape index (κ3) is 3.28. The second-order valence-electron chi connectivity index (χ2n) is 4.12. The maximum atomic E-state index is 13.2. The Morgan fingerprint density at radius 3 is 2.78 bits per heavy atom. The lowest BCUT2D eigenvalue weighted by Crippen LogP contribution is -2.13. The van der Waals surface area contributed by atoms with Gasteiger partial charge in [-0.2, -0.15) is 0 Å². The molecule has 94 valence electrons. The highest BCUT2D eigenvalue weighted by Gasteiger charge is 2.04. The van der Waals surface area contributed by atoms with Gasteiger partial charge in [0.15, 0.2) is 0 Å². The number of benzene rings is 1. The third-order valence-electron chi connectivity index (χ3n) is 2.65. The van der Waals surface area contributed by atoms with Crippen LogP contribution in [0.2, 0.25) is 5.02 Å². The van der Waals surface area contributed by atoms with Crippen molar-refractivity contribution in [1.29, 1.82) is 0 Å². The Bertz CT molecular complexity index is 526. The fourth-order valence-electron chi connectivity index (χ4n) is 1.63. The summed E-state index contributed by atoms with van der Waals surface area (Å²) in [5.74, 6) is -0.382. The van der Waals surface area contributed by atoms with Gasteiger partial charge in [0.25, 0.3) is 0 Å². The number of nitrogens with one attached hydrogen (secondary N) is 1. The number of pyridine rings is 1. The smallest absolute Gasteiger partial charge is 0.142 e. The molecule has 18 heavy (non-hydrogen) atoms. The molecule has 1 heterocycles. The molecule has 4 heteroatoms. The summed E-state index contributed by atoms with van der Waals surface area (Å²) in [6.07, 6.45) is 1.83. The molecule has 0 unspecified atom stereocenters. The number of nitrogens with zero attached hydrogens (tertiary/aromatic N) is 1. The summed E-state index contributed by atoms with van der Waals surface area (Å²) < 4.78 is 13.2. The second-order valence-corrected chi connectivity index (χ2v) is 4.50. The fraction of sp³-hybridized carbons (Fsp3) is 0.214. The standard InChI is InChI=1S/C14H14ClFN2/c1-10-5-6-11(8-18-10)7-17-9-12-3-2-4-13(16)14(12)15/h2-6,8,17H,7,9H2,1H3. The zero-order valence-corrected chi connectivity index (χ0v) is 10.8. The van der Waals surface area contributed by atoms with Gasteiger partial charge in [-0.1, -0.05) is 29.8 Å². The molecule has 0 aliphatic carbocycles. The quantitative estimate of drug-likeness (QED) is 0.915.